The Morgan fingerprint density at radius 1 is 1.42 bits per heavy atom. The molecule has 0 aromatic carbocycles. The van der Waals surface area contributed by atoms with Crippen LogP contribution in [0.3, 0.4) is 0 Å². The van der Waals surface area contributed by atoms with Gasteiger partial charge in [-0.05, 0) is 19.8 Å². The molecular formula is C8H14O3S. The third kappa shape index (κ3) is 6.22. The van der Waals surface area contributed by atoms with Crippen molar-refractivity contribution in [2.45, 2.75) is 37.9 Å². The summed E-state index contributed by atoms with van der Waals surface area (Å²) in [5, 5.41) is 7.86. The number of carbonyl (C=O) groups is 2. The SMILES string of the molecule is CC(=O)CCCCC(S)C(=O)O. The van der Waals surface area contributed by atoms with Crippen LogP contribution in [0.1, 0.15) is 32.6 Å². The second-order valence-electron chi connectivity index (χ2n) is 2.80. The lowest BCUT2D eigenvalue weighted by Crippen LogP contribution is -2.12. The van der Waals surface area contributed by atoms with Gasteiger partial charge in [0.1, 0.15) is 5.78 Å². The van der Waals surface area contributed by atoms with Crippen LogP contribution in [0.4, 0.5) is 0 Å². The maximum Gasteiger partial charge on any atom is 0.316 e. The largest absolute Gasteiger partial charge is 0.480 e. The van der Waals surface area contributed by atoms with Gasteiger partial charge < -0.3 is 9.90 Å². The number of hydrogen-bond donors (Lipinski definition) is 2. The average Bonchev–Trinajstić information content (AvgIpc) is 1.97. The van der Waals surface area contributed by atoms with E-state index in [1.54, 1.807) is 0 Å². The lowest BCUT2D eigenvalue weighted by atomic mass is 10.1. The number of carboxylic acid groups (broad SMARTS) is 1. The van der Waals surface area contributed by atoms with Gasteiger partial charge in [-0.15, -0.1) is 0 Å². The highest BCUT2D eigenvalue weighted by Crippen LogP contribution is 2.08. The number of rotatable bonds is 6. The van der Waals surface area contributed by atoms with Gasteiger partial charge in [0.05, 0.1) is 5.25 Å². The molecule has 12 heavy (non-hydrogen) atoms. The normalized spacial score (nSPS) is 12.5. The van der Waals surface area contributed by atoms with Crippen molar-refractivity contribution in [3.05, 3.63) is 0 Å². The molecule has 0 aromatic heterocycles. The van der Waals surface area contributed by atoms with E-state index < -0.39 is 11.2 Å². The predicted octanol–water partition coefficient (Wildman–Crippen LogP) is 1.52. The Labute approximate surface area is 77.6 Å². The number of ketones is 1. The van der Waals surface area contributed by atoms with Crippen LogP contribution in [0.5, 0.6) is 0 Å². The molecule has 0 saturated heterocycles. The Hall–Kier alpha value is -0.510. The highest BCUT2D eigenvalue weighted by atomic mass is 32.1. The quantitative estimate of drug-likeness (QED) is 0.493. The van der Waals surface area contributed by atoms with Crippen molar-refractivity contribution in [2.24, 2.45) is 0 Å². The third-order valence-corrected chi connectivity index (χ3v) is 2.02. The van der Waals surface area contributed by atoms with Crippen molar-refractivity contribution < 1.29 is 14.7 Å². The summed E-state index contributed by atoms with van der Waals surface area (Å²) in [6.07, 6.45) is 2.59. The molecule has 0 aliphatic rings. The second-order valence-corrected chi connectivity index (χ2v) is 3.43. The molecule has 1 N–H and O–H groups in total. The monoisotopic (exact) mass is 190 g/mol. The molecule has 3 nitrogen and oxygen atoms in total. The number of carboxylic acids is 1. The van der Waals surface area contributed by atoms with Crippen molar-refractivity contribution in [3.8, 4) is 0 Å². The summed E-state index contributed by atoms with van der Waals surface area (Å²) >= 11 is 3.87. The van der Waals surface area contributed by atoms with Crippen LogP contribution in [0.25, 0.3) is 0 Å². The molecule has 0 radical (unpaired) electrons. The molecule has 0 fully saturated rings. The fourth-order valence-corrected chi connectivity index (χ4v) is 1.02. The first kappa shape index (κ1) is 11.5. The summed E-state index contributed by atoms with van der Waals surface area (Å²) in [6.45, 7) is 1.54. The second kappa shape index (κ2) is 6.06. The minimum absolute atomic E-state index is 0.154. The summed E-state index contributed by atoms with van der Waals surface area (Å²) in [5.41, 5.74) is 0. The molecule has 0 heterocycles. The topological polar surface area (TPSA) is 54.4 Å². The van der Waals surface area contributed by atoms with E-state index in [9.17, 15) is 9.59 Å². The first-order chi connectivity index (χ1) is 5.54. The zero-order chi connectivity index (χ0) is 9.56. The summed E-state index contributed by atoms with van der Waals surface area (Å²) < 4.78 is 0. The molecule has 4 heteroatoms. The number of unbranched alkanes of at least 4 members (excludes halogenated alkanes) is 1. The fraction of sp³-hybridized carbons (Fsp3) is 0.750. The van der Waals surface area contributed by atoms with E-state index in [0.717, 1.165) is 12.8 Å². The number of hydrogen-bond acceptors (Lipinski definition) is 3. The van der Waals surface area contributed by atoms with E-state index in [4.69, 9.17) is 5.11 Å². The summed E-state index contributed by atoms with van der Waals surface area (Å²) in [4.78, 5) is 20.8. The molecular weight excluding hydrogens is 176 g/mol. The zero-order valence-corrected chi connectivity index (χ0v) is 8.01. The minimum Gasteiger partial charge on any atom is -0.480 e. The zero-order valence-electron chi connectivity index (χ0n) is 7.12. The molecule has 0 rings (SSSR count). The van der Waals surface area contributed by atoms with E-state index in [1.165, 1.54) is 6.92 Å². The highest BCUT2D eigenvalue weighted by molar-refractivity contribution is 7.81. The van der Waals surface area contributed by atoms with Crippen LogP contribution in [0.15, 0.2) is 0 Å². The van der Waals surface area contributed by atoms with Crippen molar-refractivity contribution in [1.82, 2.24) is 0 Å². The first-order valence-electron chi connectivity index (χ1n) is 3.94. The fourth-order valence-electron chi connectivity index (χ4n) is 0.835. The van der Waals surface area contributed by atoms with Crippen molar-refractivity contribution in [1.29, 1.82) is 0 Å². The molecule has 0 amide bonds. The van der Waals surface area contributed by atoms with E-state index in [-0.39, 0.29) is 5.78 Å². The van der Waals surface area contributed by atoms with Crippen molar-refractivity contribution in [3.63, 3.8) is 0 Å². The van der Waals surface area contributed by atoms with Gasteiger partial charge in [0.2, 0.25) is 0 Å². The van der Waals surface area contributed by atoms with E-state index in [2.05, 4.69) is 12.6 Å². The van der Waals surface area contributed by atoms with Crippen LogP contribution in [0.2, 0.25) is 0 Å². The Bertz CT molecular complexity index is 168. The summed E-state index contributed by atoms with van der Waals surface area (Å²) in [7, 11) is 0. The lowest BCUT2D eigenvalue weighted by Gasteiger charge is -2.03. The molecule has 0 aliphatic carbocycles. The number of aliphatic carboxylic acids is 1. The number of Topliss-reactive ketones (excluding diaryl/α,β-unsaturated/α-hetero) is 1. The standard InChI is InChI=1S/C8H14O3S/c1-6(9)4-2-3-5-7(12)8(10)11/h7,12H,2-5H2,1H3,(H,10,11). The Kier molecular flexibility index (Phi) is 5.80. The van der Waals surface area contributed by atoms with Crippen LogP contribution >= 0.6 is 12.6 Å². The predicted molar refractivity (Wildman–Crippen MR) is 49.6 cm³/mol. The molecule has 70 valence electrons. The van der Waals surface area contributed by atoms with Crippen molar-refractivity contribution >= 4 is 24.4 Å². The molecule has 0 aliphatic heterocycles. The van der Waals surface area contributed by atoms with Gasteiger partial charge in [-0.25, -0.2) is 0 Å². The first-order valence-corrected chi connectivity index (χ1v) is 4.46. The van der Waals surface area contributed by atoms with E-state index >= 15 is 0 Å². The van der Waals surface area contributed by atoms with Crippen LogP contribution in [0, 0.1) is 0 Å². The maximum absolute atomic E-state index is 10.5. The van der Waals surface area contributed by atoms with Crippen molar-refractivity contribution in [2.75, 3.05) is 0 Å². The van der Waals surface area contributed by atoms with Gasteiger partial charge in [-0.1, -0.05) is 6.42 Å². The van der Waals surface area contributed by atoms with E-state index in [1.807, 2.05) is 0 Å². The highest BCUT2D eigenvalue weighted by Gasteiger charge is 2.10. The number of thiol groups is 1. The Morgan fingerprint density at radius 3 is 2.42 bits per heavy atom. The summed E-state index contributed by atoms with van der Waals surface area (Å²) in [5.74, 6) is -0.734. The van der Waals surface area contributed by atoms with Gasteiger partial charge in [0.15, 0.2) is 0 Å². The van der Waals surface area contributed by atoms with E-state index in [0.29, 0.717) is 12.8 Å². The number of carbonyl (C=O) groups excluding carboxylic acids is 1. The molecule has 0 spiro atoms. The molecule has 1 unspecified atom stereocenters. The van der Waals surface area contributed by atoms with Gasteiger partial charge in [-0.3, -0.25) is 4.79 Å². The van der Waals surface area contributed by atoms with Gasteiger partial charge in [0.25, 0.3) is 0 Å². The molecule has 0 aromatic rings. The Morgan fingerprint density at radius 2 is 2.00 bits per heavy atom. The van der Waals surface area contributed by atoms with Gasteiger partial charge in [0, 0.05) is 6.42 Å². The Balaban J connectivity index is 3.31. The maximum atomic E-state index is 10.5. The smallest absolute Gasteiger partial charge is 0.316 e. The molecule has 0 saturated carbocycles. The van der Waals surface area contributed by atoms with Crippen LogP contribution in [-0.4, -0.2) is 22.1 Å². The molecule has 0 bridgehead atoms. The summed E-state index contributed by atoms with van der Waals surface area (Å²) in [6, 6.07) is 0. The average molecular weight is 190 g/mol. The minimum atomic E-state index is -0.888. The third-order valence-electron chi connectivity index (χ3n) is 1.54. The van der Waals surface area contributed by atoms with Crippen LogP contribution < -0.4 is 0 Å². The van der Waals surface area contributed by atoms with Gasteiger partial charge in [-0.2, -0.15) is 12.6 Å². The molecule has 1 atom stereocenters. The van der Waals surface area contributed by atoms with Gasteiger partial charge >= 0.3 is 5.97 Å². The van der Waals surface area contributed by atoms with Crippen LogP contribution in [-0.2, 0) is 9.59 Å². The lowest BCUT2D eigenvalue weighted by molar-refractivity contribution is -0.136.